The number of aromatic nitrogens is 2. The topological polar surface area (TPSA) is 71.7 Å². The van der Waals surface area contributed by atoms with Crippen molar-refractivity contribution in [3.8, 4) is 11.5 Å². The second-order valence-corrected chi connectivity index (χ2v) is 7.81. The molecule has 1 fully saturated rings. The highest BCUT2D eigenvalue weighted by Gasteiger charge is 2.28. The Bertz CT molecular complexity index is 796. The van der Waals surface area contributed by atoms with Crippen molar-refractivity contribution in [2.24, 2.45) is 0 Å². The lowest BCUT2D eigenvalue weighted by molar-refractivity contribution is 0.0239. The number of carbonyl (C=O) groups excluding carboxylic acids is 1. The lowest BCUT2D eigenvalue weighted by Gasteiger charge is -2.34. The van der Waals surface area contributed by atoms with E-state index in [-0.39, 0.29) is 6.09 Å². The molecule has 1 aromatic carbocycles. The van der Waals surface area contributed by atoms with Gasteiger partial charge in [0.15, 0.2) is 0 Å². The molecule has 0 radical (unpaired) electrons. The minimum atomic E-state index is -0.506. The van der Waals surface area contributed by atoms with Crippen LogP contribution in [0.2, 0.25) is 10.0 Å². The lowest BCUT2D eigenvalue weighted by Crippen LogP contribution is -2.50. The molecule has 9 heteroatoms. The van der Waals surface area contributed by atoms with E-state index in [1.165, 1.54) is 0 Å². The van der Waals surface area contributed by atoms with Crippen LogP contribution in [0.25, 0.3) is 11.5 Å². The van der Waals surface area contributed by atoms with Gasteiger partial charge in [0.05, 0.1) is 10.6 Å². The Balaban J connectivity index is 1.64. The quantitative estimate of drug-likeness (QED) is 0.757. The van der Waals surface area contributed by atoms with E-state index < -0.39 is 5.60 Å². The summed E-state index contributed by atoms with van der Waals surface area (Å²) in [6.45, 7) is 7.75. The first-order valence-electron chi connectivity index (χ1n) is 8.25. The molecule has 1 amide bonds. The standard InChI is InChI=1S/C17H20Cl2N4O3/c1-17(2,3)26-16(24)23-8-6-22(7-9-23)15-21-20-14(25-15)12-5-4-11(18)10-13(12)19/h4-5,10H,6-9H2,1-3H3. The summed E-state index contributed by atoms with van der Waals surface area (Å²) in [5.41, 5.74) is 0.121. The number of ether oxygens (including phenoxy) is 1. The minimum Gasteiger partial charge on any atom is -0.444 e. The van der Waals surface area contributed by atoms with Crippen LogP contribution in [0.15, 0.2) is 22.6 Å². The fraction of sp³-hybridized carbons (Fsp3) is 0.471. The summed E-state index contributed by atoms with van der Waals surface area (Å²) >= 11 is 12.1. The van der Waals surface area contributed by atoms with Crippen molar-refractivity contribution in [1.29, 1.82) is 0 Å². The van der Waals surface area contributed by atoms with Crippen molar-refractivity contribution in [3.05, 3.63) is 28.2 Å². The summed E-state index contributed by atoms with van der Waals surface area (Å²) in [7, 11) is 0. The molecule has 1 aliphatic heterocycles. The highest BCUT2D eigenvalue weighted by atomic mass is 35.5. The molecule has 26 heavy (non-hydrogen) atoms. The largest absolute Gasteiger partial charge is 0.444 e. The van der Waals surface area contributed by atoms with E-state index in [1.807, 2.05) is 25.7 Å². The van der Waals surface area contributed by atoms with Crippen molar-refractivity contribution in [2.75, 3.05) is 31.1 Å². The molecule has 3 rings (SSSR count). The summed E-state index contributed by atoms with van der Waals surface area (Å²) in [6, 6.07) is 5.48. The van der Waals surface area contributed by atoms with Gasteiger partial charge in [0.2, 0.25) is 0 Å². The summed E-state index contributed by atoms with van der Waals surface area (Å²) in [5.74, 6) is 0.330. The first-order valence-corrected chi connectivity index (χ1v) is 9.00. The first-order chi connectivity index (χ1) is 12.2. The average Bonchev–Trinajstić information content (AvgIpc) is 3.03. The molecule has 2 aromatic rings. The molecule has 0 aliphatic carbocycles. The van der Waals surface area contributed by atoms with Crippen molar-refractivity contribution >= 4 is 35.3 Å². The monoisotopic (exact) mass is 398 g/mol. The molecule has 0 unspecified atom stereocenters. The zero-order valence-electron chi connectivity index (χ0n) is 14.8. The van der Waals surface area contributed by atoms with Crippen LogP contribution >= 0.6 is 23.2 Å². The van der Waals surface area contributed by atoms with Crippen molar-refractivity contribution in [2.45, 2.75) is 26.4 Å². The Morgan fingerprint density at radius 3 is 2.46 bits per heavy atom. The van der Waals surface area contributed by atoms with Crippen LogP contribution in [-0.2, 0) is 4.74 Å². The molecule has 1 aliphatic rings. The van der Waals surface area contributed by atoms with Crippen LogP contribution in [0.1, 0.15) is 20.8 Å². The first kappa shape index (κ1) is 18.8. The third kappa shape index (κ3) is 4.40. The maximum Gasteiger partial charge on any atom is 0.410 e. The lowest BCUT2D eigenvalue weighted by atomic mass is 10.2. The van der Waals surface area contributed by atoms with E-state index in [2.05, 4.69) is 10.2 Å². The summed E-state index contributed by atoms with van der Waals surface area (Å²) < 4.78 is 11.1. The highest BCUT2D eigenvalue weighted by Crippen LogP contribution is 2.31. The van der Waals surface area contributed by atoms with Gasteiger partial charge >= 0.3 is 12.1 Å². The summed E-state index contributed by atoms with van der Waals surface area (Å²) in [6.07, 6.45) is -0.309. The second-order valence-electron chi connectivity index (χ2n) is 6.97. The van der Waals surface area contributed by atoms with E-state index in [9.17, 15) is 4.79 Å². The Labute approximate surface area is 161 Å². The summed E-state index contributed by atoms with van der Waals surface area (Å²) in [5, 5.41) is 9.14. The van der Waals surface area contributed by atoms with Crippen LogP contribution < -0.4 is 4.90 Å². The van der Waals surface area contributed by atoms with Crippen LogP contribution in [-0.4, -0.2) is 53.0 Å². The number of piperazine rings is 1. The molecule has 7 nitrogen and oxygen atoms in total. The predicted molar refractivity (Wildman–Crippen MR) is 99.8 cm³/mol. The predicted octanol–water partition coefficient (Wildman–Crippen LogP) is 4.10. The number of benzene rings is 1. The molecule has 0 N–H and O–H groups in total. The number of hydrogen-bond donors (Lipinski definition) is 0. The molecule has 2 heterocycles. The third-order valence-electron chi connectivity index (χ3n) is 3.78. The molecule has 0 atom stereocenters. The maximum absolute atomic E-state index is 12.1. The molecular formula is C17H20Cl2N4O3. The molecule has 1 aromatic heterocycles. The third-order valence-corrected chi connectivity index (χ3v) is 4.33. The van der Waals surface area contributed by atoms with Crippen LogP contribution in [0.4, 0.5) is 10.8 Å². The fourth-order valence-electron chi connectivity index (χ4n) is 2.52. The van der Waals surface area contributed by atoms with Gasteiger partial charge < -0.3 is 19.0 Å². The van der Waals surface area contributed by atoms with E-state index in [0.29, 0.717) is 53.7 Å². The van der Waals surface area contributed by atoms with E-state index in [4.69, 9.17) is 32.4 Å². The molecule has 0 spiro atoms. The Morgan fingerprint density at radius 1 is 1.15 bits per heavy atom. The number of rotatable bonds is 2. The highest BCUT2D eigenvalue weighted by molar-refractivity contribution is 6.36. The van der Waals surface area contributed by atoms with Gasteiger partial charge in [0, 0.05) is 31.2 Å². The number of halogens is 2. The van der Waals surface area contributed by atoms with Crippen LogP contribution in [0.3, 0.4) is 0 Å². The number of amides is 1. The van der Waals surface area contributed by atoms with Crippen molar-refractivity contribution < 1.29 is 13.9 Å². The average molecular weight is 399 g/mol. The van der Waals surface area contributed by atoms with Crippen LogP contribution in [0, 0.1) is 0 Å². The number of carbonyl (C=O) groups is 1. The fourth-order valence-corrected chi connectivity index (χ4v) is 3.01. The van der Waals surface area contributed by atoms with Gasteiger partial charge in [0.1, 0.15) is 5.60 Å². The number of anilines is 1. The number of hydrogen-bond acceptors (Lipinski definition) is 6. The zero-order valence-corrected chi connectivity index (χ0v) is 16.3. The zero-order chi connectivity index (χ0) is 18.9. The van der Waals surface area contributed by atoms with Crippen molar-refractivity contribution in [3.63, 3.8) is 0 Å². The minimum absolute atomic E-state index is 0.309. The van der Waals surface area contributed by atoms with Gasteiger partial charge in [-0.1, -0.05) is 28.3 Å². The summed E-state index contributed by atoms with van der Waals surface area (Å²) in [4.78, 5) is 15.7. The second kappa shape index (κ2) is 7.32. The molecule has 1 saturated heterocycles. The van der Waals surface area contributed by atoms with Gasteiger partial charge in [-0.3, -0.25) is 0 Å². The van der Waals surface area contributed by atoms with E-state index >= 15 is 0 Å². The van der Waals surface area contributed by atoms with Gasteiger partial charge in [0.25, 0.3) is 5.89 Å². The molecule has 0 bridgehead atoms. The molecule has 140 valence electrons. The van der Waals surface area contributed by atoms with Gasteiger partial charge in [-0.05, 0) is 39.0 Å². The maximum atomic E-state index is 12.1. The molecular weight excluding hydrogens is 379 g/mol. The van der Waals surface area contributed by atoms with E-state index in [0.717, 1.165) is 0 Å². The SMILES string of the molecule is CC(C)(C)OC(=O)N1CCN(c2nnc(-c3ccc(Cl)cc3Cl)o2)CC1. The number of nitrogens with zero attached hydrogens (tertiary/aromatic N) is 4. The van der Waals surface area contributed by atoms with Crippen LogP contribution in [0.5, 0.6) is 0 Å². The molecule has 0 saturated carbocycles. The van der Waals surface area contributed by atoms with Gasteiger partial charge in [-0.2, -0.15) is 0 Å². The van der Waals surface area contributed by atoms with E-state index in [1.54, 1.807) is 23.1 Å². The van der Waals surface area contributed by atoms with Gasteiger partial charge in [-0.15, -0.1) is 5.10 Å². The normalized spacial score (nSPS) is 15.3. The Hall–Kier alpha value is -1.99. The Morgan fingerprint density at radius 2 is 1.85 bits per heavy atom. The smallest absolute Gasteiger partial charge is 0.410 e. The van der Waals surface area contributed by atoms with Crippen molar-refractivity contribution in [1.82, 2.24) is 15.1 Å². The Kier molecular flexibility index (Phi) is 5.29. The van der Waals surface area contributed by atoms with Gasteiger partial charge in [-0.25, -0.2) is 4.79 Å².